The molecule has 1 atom stereocenters. The third-order valence-corrected chi connectivity index (χ3v) is 8.08. The molecule has 3 rings (SSSR count). The van der Waals surface area contributed by atoms with Crippen LogP contribution >= 0.6 is 58.2 Å². The average Bonchev–Trinajstić information content (AvgIpc) is 3.29. The number of thioether (sulfide) groups is 1. The minimum atomic E-state index is -0.584. The largest absolute Gasteiger partial charge is 0.352 e. The van der Waals surface area contributed by atoms with Crippen LogP contribution in [0.3, 0.4) is 0 Å². The molecule has 1 aliphatic rings. The monoisotopic (exact) mass is 560 g/mol. The molecule has 0 spiro atoms. The summed E-state index contributed by atoms with van der Waals surface area (Å²) in [4.78, 5) is 28.2. The zero-order valence-electron chi connectivity index (χ0n) is 19.0. The first kappa shape index (κ1) is 27.5. The van der Waals surface area contributed by atoms with Gasteiger partial charge in [-0.2, -0.15) is 0 Å². The first-order valence-corrected chi connectivity index (χ1v) is 14.0. The molecule has 0 heterocycles. The molecule has 9 heteroatoms. The maximum Gasteiger partial charge on any atom is 0.243 e. The van der Waals surface area contributed by atoms with Gasteiger partial charge in [0, 0.05) is 38.4 Å². The standard InChI is InChI=1S/C25H28Cl4N2O2S/c1-2-23(25(33)30-20-5-3-4-6-20)31(13-16-7-9-18(26)11-21(16)28)24(32)15-34-14-17-8-10-19(27)12-22(17)29/h7-12,20,23H,2-6,13-15H2,1H3,(H,30,33)/t23-/m1/s1. The summed E-state index contributed by atoms with van der Waals surface area (Å²) in [5.74, 6) is 0.521. The van der Waals surface area contributed by atoms with Crippen LogP contribution in [-0.4, -0.2) is 34.6 Å². The van der Waals surface area contributed by atoms with Crippen molar-refractivity contribution in [1.82, 2.24) is 10.2 Å². The fraction of sp³-hybridized carbons (Fsp3) is 0.440. The predicted molar refractivity (Wildman–Crippen MR) is 144 cm³/mol. The Kier molecular flexibility index (Phi) is 10.7. The molecule has 0 radical (unpaired) electrons. The van der Waals surface area contributed by atoms with Gasteiger partial charge in [0.2, 0.25) is 11.8 Å². The van der Waals surface area contributed by atoms with Gasteiger partial charge in [0.05, 0.1) is 5.75 Å². The van der Waals surface area contributed by atoms with Crippen LogP contribution in [0.4, 0.5) is 0 Å². The maximum atomic E-state index is 13.4. The number of nitrogens with zero attached hydrogens (tertiary/aromatic N) is 1. The van der Waals surface area contributed by atoms with Crippen LogP contribution in [0.1, 0.15) is 50.2 Å². The van der Waals surface area contributed by atoms with Crippen LogP contribution in [0.15, 0.2) is 36.4 Å². The van der Waals surface area contributed by atoms with E-state index < -0.39 is 6.04 Å². The summed E-state index contributed by atoms with van der Waals surface area (Å²) in [6.45, 7) is 2.15. The molecule has 0 aliphatic heterocycles. The lowest BCUT2D eigenvalue weighted by Crippen LogP contribution is -2.51. The molecular formula is C25H28Cl4N2O2S. The van der Waals surface area contributed by atoms with Crippen molar-refractivity contribution < 1.29 is 9.59 Å². The summed E-state index contributed by atoms with van der Waals surface area (Å²) in [6, 6.07) is 10.1. The Morgan fingerprint density at radius 1 is 1.00 bits per heavy atom. The van der Waals surface area contributed by atoms with Gasteiger partial charge in [0.15, 0.2) is 0 Å². The molecule has 4 nitrogen and oxygen atoms in total. The van der Waals surface area contributed by atoms with E-state index in [1.54, 1.807) is 35.2 Å². The lowest BCUT2D eigenvalue weighted by molar-refractivity contribution is -0.139. The average molecular weight is 562 g/mol. The van der Waals surface area contributed by atoms with E-state index >= 15 is 0 Å². The number of rotatable bonds is 10. The van der Waals surface area contributed by atoms with Gasteiger partial charge in [0.1, 0.15) is 6.04 Å². The number of nitrogens with one attached hydrogen (secondary N) is 1. The van der Waals surface area contributed by atoms with E-state index in [9.17, 15) is 9.59 Å². The first-order valence-electron chi connectivity index (χ1n) is 11.3. The number of carbonyl (C=O) groups is 2. The van der Waals surface area contributed by atoms with E-state index in [0.717, 1.165) is 36.8 Å². The smallest absolute Gasteiger partial charge is 0.243 e. The second-order valence-corrected chi connectivity index (χ2v) is 11.1. The molecule has 2 amide bonds. The van der Waals surface area contributed by atoms with Crippen molar-refractivity contribution in [3.8, 4) is 0 Å². The van der Waals surface area contributed by atoms with Crippen molar-refractivity contribution in [2.75, 3.05) is 5.75 Å². The van der Waals surface area contributed by atoms with Gasteiger partial charge in [-0.05, 0) is 54.7 Å². The number of hydrogen-bond acceptors (Lipinski definition) is 3. The molecule has 2 aromatic rings. The molecule has 0 saturated heterocycles. The van der Waals surface area contributed by atoms with Crippen LogP contribution in [-0.2, 0) is 21.9 Å². The minimum Gasteiger partial charge on any atom is -0.352 e. The first-order chi connectivity index (χ1) is 16.3. The van der Waals surface area contributed by atoms with Crippen molar-refractivity contribution in [3.63, 3.8) is 0 Å². The van der Waals surface area contributed by atoms with Crippen molar-refractivity contribution in [3.05, 3.63) is 67.6 Å². The fourth-order valence-electron chi connectivity index (χ4n) is 4.09. The highest BCUT2D eigenvalue weighted by molar-refractivity contribution is 7.99. The highest BCUT2D eigenvalue weighted by Crippen LogP contribution is 2.27. The summed E-state index contributed by atoms with van der Waals surface area (Å²) < 4.78 is 0. The molecule has 1 fully saturated rings. The molecule has 34 heavy (non-hydrogen) atoms. The van der Waals surface area contributed by atoms with Gasteiger partial charge in [-0.3, -0.25) is 9.59 Å². The zero-order chi connectivity index (χ0) is 24.7. The van der Waals surface area contributed by atoms with Gasteiger partial charge in [-0.15, -0.1) is 11.8 Å². The van der Waals surface area contributed by atoms with E-state index in [-0.39, 0.29) is 30.2 Å². The SMILES string of the molecule is CC[C@H](C(=O)NC1CCCC1)N(Cc1ccc(Cl)cc1Cl)C(=O)CSCc1ccc(Cl)cc1Cl. The number of hydrogen-bond donors (Lipinski definition) is 1. The Morgan fingerprint density at radius 2 is 1.59 bits per heavy atom. The van der Waals surface area contributed by atoms with E-state index in [1.165, 1.54) is 11.8 Å². The van der Waals surface area contributed by atoms with Gasteiger partial charge in [-0.25, -0.2) is 0 Å². The van der Waals surface area contributed by atoms with Gasteiger partial charge >= 0.3 is 0 Å². The van der Waals surface area contributed by atoms with Crippen LogP contribution in [0.2, 0.25) is 20.1 Å². The van der Waals surface area contributed by atoms with Crippen LogP contribution in [0.25, 0.3) is 0 Å². The van der Waals surface area contributed by atoms with Gasteiger partial charge < -0.3 is 10.2 Å². The minimum absolute atomic E-state index is 0.112. The van der Waals surface area contributed by atoms with Crippen molar-refractivity contribution in [1.29, 1.82) is 0 Å². The normalized spacial score (nSPS) is 14.7. The molecule has 0 aromatic heterocycles. The molecule has 184 valence electrons. The Balaban J connectivity index is 1.74. The highest BCUT2D eigenvalue weighted by Gasteiger charge is 2.31. The quantitative estimate of drug-likeness (QED) is 0.329. The molecular weight excluding hydrogens is 534 g/mol. The van der Waals surface area contributed by atoms with Crippen LogP contribution in [0, 0.1) is 0 Å². The molecule has 1 saturated carbocycles. The maximum absolute atomic E-state index is 13.4. The molecule has 0 bridgehead atoms. The van der Waals surface area contributed by atoms with E-state index in [0.29, 0.717) is 32.3 Å². The number of halogens is 4. The topological polar surface area (TPSA) is 49.4 Å². The third kappa shape index (κ3) is 7.69. The Hall–Kier alpha value is -1.11. The molecule has 1 aliphatic carbocycles. The summed E-state index contributed by atoms with van der Waals surface area (Å²) in [5, 5.41) is 5.27. The van der Waals surface area contributed by atoms with E-state index in [1.807, 2.05) is 13.0 Å². The second-order valence-electron chi connectivity index (χ2n) is 8.40. The van der Waals surface area contributed by atoms with Crippen LogP contribution < -0.4 is 5.32 Å². The summed E-state index contributed by atoms with van der Waals surface area (Å²) in [7, 11) is 0. The number of carbonyl (C=O) groups excluding carboxylic acids is 2. The zero-order valence-corrected chi connectivity index (χ0v) is 22.8. The number of benzene rings is 2. The van der Waals surface area contributed by atoms with Crippen molar-refractivity contribution >= 4 is 70.0 Å². The number of amides is 2. The summed E-state index contributed by atoms with van der Waals surface area (Å²) in [6.07, 6.45) is 4.71. The molecule has 0 unspecified atom stereocenters. The Morgan fingerprint density at radius 3 is 2.15 bits per heavy atom. The Bertz CT molecular complexity index is 1010. The lowest BCUT2D eigenvalue weighted by Gasteiger charge is -2.31. The third-order valence-electron chi connectivity index (χ3n) is 5.94. The van der Waals surface area contributed by atoms with E-state index in [4.69, 9.17) is 46.4 Å². The highest BCUT2D eigenvalue weighted by atomic mass is 35.5. The van der Waals surface area contributed by atoms with Crippen molar-refractivity contribution in [2.24, 2.45) is 0 Å². The van der Waals surface area contributed by atoms with E-state index in [2.05, 4.69) is 5.32 Å². The summed E-state index contributed by atoms with van der Waals surface area (Å²) in [5.41, 5.74) is 1.65. The predicted octanol–water partition coefficient (Wildman–Crippen LogP) is 7.40. The summed E-state index contributed by atoms with van der Waals surface area (Å²) >= 11 is 26.1. The van der Waals surface area contributed by atoms with Gasteiger partial charge in [-0.1, -0.05) is 78.3 Å². The molecule has 2 aromatic carbocycles. The van der Waals surface area contributed by atoms with Crippen molar-refractivity contribution in [2.45, 2.75) is 63.4 Å². The molecule has 1 N–H and O–H groups in total. The fourth-order valence-corrected chi connectivity index (χ4v) is 6.03. The lowest BCUT2D eigenvalue weighted by atomic mass is 10.1. The van der Waals surface area contributed by atoms with Crippen LogP contribution in [0.5, 0.6) is 0 Å². The van der Waals surface area contributed by atoms with Gasteiger partial charge in [0.25, 0.3) is 0 Å². The second kappa shape index (κ2) is 13.3. The Labute approximate surface area is 225 Å².